The molecule has 4 bridgehead atoms. The van der Waals surface area contributed by atoms with Gasteiger partial charge >= 0.3 is 5.97 Å². The van der Waals surface area contributed by atoms with E-state index in [0.29, 0.717) is 0 Å². The minimum Gasteiger partial charge on any atom is -0.507 e. The molecule has 1 aromatic rings. The number of hydrogen-bond donors (Lipinski definition) is 2. The fraction of sp³-hybridized carbons (Fsp3) is 0.619. The van der Waals surface area contributed by atoms with Crippen LogP contribution in [0, 0.1) is 23.2 Å². The van der Waals surface area contributed by atoms with Gasteiger partial charge in [-0.3, -0.25) is 4.79 Å². The monoisotopic (exact) mass is 357 g/mol. The smallest absolute Gasteiger partial charge is 0.342 e. The molecule has 1 unspecified atom stereocenters. The van der Waals surface area contributed by atoms with Gasteiger partial charge in [0, 0.05) is 6.04 Å². The first-order valence-corrected chi connectivity index (χ1v) is 9.70. The maximum absolute atomic E-state index is 12.3. The number of amides is 1. The molecule has 2 N–H and O–H groups in total. The van der Waals surface area contributed by atoms with Crippen LogP contribution >= 0.6 is 0 Å². The maximum Gasteiger partial charge on any atom is 0.342 e. The molecule has 4 saturated carbocycles. The second kappa shape index (κ2) is 6.60. The van der Waals surface area contributed by atoms with E-state index in [1.165, 1.54) is 50.7 Å². The van der Waals surface area contributed by atoms with Gasteiger partial charge in [0.2, 0.25) is 0 Å². The lowest BCUT2D eigenvalue weighted by molar-refractivity contribution is -0.128. The Bertz CT molecular complexity index is 678. The summed E-state index contributed by atoms with van der Waals surface area (Å²) >= 11 is 0. The molecule has 4 aliphatic rings. The number of rotatable bonds is 5. The second-order valence-corrected chi connectivity index (χ2v) is 8.66. The van der Waals surface area contributed by atoms with Crippen molar-refractivity contribution in [2.24, 2.45) is 23.2 Å². The number of nitrogens with one attached hydrogen (secondary N) is 1. The van der Waals surface area contributed by atoms with Gasteiger partial charge < -0.3 is 15.2 Å². The normalized spacial score (nSPS) is 32.9. The minimum absolute atomic E-state index is 0.0782. The summed E-state index contributed by atoms with van der Waals surface area (Å²) in [4.78, 5) is 24.3. The highest BCUT2D eigenvalue weighted by Crippen LogP contribution is 2.61. The third-order valence-electron chi connectivity index (χ3n) is 6.84. The Labute approximate surface area is 154 Å². The molecule has 0 spiro atoms. The van der Waals surface area contributed by atoms with Crippen LogP contribution in [-0.4, -0.2) is 29.6 Å². The van der Waals surface area contributed by atoms with Crippen molar-refractivity contribution in [2.75, 3.05) is 6.61 Å². The van der Waals surface area contributed by atoms with Crippen LogP contribution in [0.15, 0.2) is 24.3 Å². The maximum atomic E-state index is 12.3. The second-order valence-electron chi connectivity index (χ2n) is 8.66. The first-order chi connectivity index (χ1) is 12.4. The lowest BCUT2D eigenvalue weighted by Gasteiger charge is -2.59. The predicted molar refractivity (Wildman–Crippen MR) is 96.6 cm³/mol. The molecule has 140 valence electrons. The zero-order valence-corrected chi connectivity index (χ0v) is 15.2. The number of hydrogen-bond acceptors (Lipinski definition) is 4. The molecular formula is C21H27NO4. The molecule has 5 heteroatoms. The molecule has 4 fully saturated rings. The van der Waals surface area contributed by atoms with Crippen molar-refractivity contribution in [1.82, 2.24) is 5.32 Å². The Morgan fingerprint density at radius 2 is 1.73 bits per heavy atom. The molecule has 5 nitrogen and oxygen atoms in total. The number of carbonyl (C=O) groups excluding carboxylic acids is 2. The molecule has 1 atom stereocenters. The van der Waals surface area contributed by atoms with E-state index < -0.39 is 5.97 Å². The summed E-state index contributed by atoms with van der Waals surface area (Å²) in [5.74, 6) is 1.41. The highest BCUT2D eigenvalue weighted by molar-refractivity contribution is 5.93. The van der Waals surface area contributed by atoms with Gasteiger partial charge in [-0.1, -0.05) is 12.1 Å². The van der Waals surface area contributed by atoms with Crippen LogP contribution in [0.4, 0.5) is 0 Å². The van der Waals surface area contributed by atoms with Crippen molar-refractivity contribution in [3.63, 3.8) is 0 Å². The average molecular weight is 357 g/mol. The van der Waals surface area contributed by atoms with Gasteiger partial charge in [0.1, 0.15) is 11.3 Å². The van der Waals surface area contributed by atoms with Gasteiger partial charge in [-0.15, -0.1) is 0 Å². The number of carbonyl (C=O) groups is 2. The van der Waals surface area contributed by atoms with E-state index in [1.807, 2.05) is 0 Å². The van der Waals surface area contributed by atoms with E-state index in [1.54, 1.807) is 12.1 Å². The lowest BCUT2D eigenvalue weighted by Crippen LogP contribution is -2.56. The number of benzene rings is 1. The number of aromatic hydroxyl groups is 1. The standard InChI is InChI=1S/C21H27NO4/c1-13(21-9-14-6-15(10-21)8-16(7-14)11-21)22-19(24)12-26-20(25)17-4-2-3-5-18(17)23/h2-5,13-16,23H,6-12H2,1H3,(H,22,24). The Morgan fingerprint density at radius 3 is 2.31 bits per heavy atom. The average Bonchev–Trinajstić information content (AvgIpc) is 2.59. The molecule has 4 aliphatic carbocycles. The van der Waals surface area contributed by atoms with Crippen molar-refractivity contribution in [3.05, 3.63) is 29.8 Å². The molecule has 0 radical (unpaired) electrons. The SMILES string of the molecule is CC(NC(=O)COC(=O)c1ccccc1O)C12CC3CC(CC(C3)C1)C2. The lowest BCUT2D eigenvalue weighted by atomic mass is 9.48. The van der Waals surface area contributed by atoms with Crippen molar-refractivity contribution < 1.29 is 19.4 Å². The Morgan fingerprint density at radius 1 is 1.15 bits per heavy atom. The predicted octanol–water partition coefficient (Wildman–Crippen LogP) is 3.27. The van der Waals surface area contributed by atoms with E-state index in [2.05, 4.69) is 12.2 Å². The first-order valence-electron chi connectivity index (χ1n) is 9.70. The van der Waals surface area contributed by atoms with E-state index in [4.69, 9.17) is 4.74 Å². The van der Waals surface area contributed by atoms with E-state index in [-0.39, 0.29) is 35.3 Å². The largest absolute Gasteiger partial charge is 0.507 e. The highest BCUT2D eigenvalue weighted by Gasteiger charge is 2.53. The van der Waals surface area contributed by atoms with Crippen molar-refractivity contribution in [1.29, 1.82) is 0 Å². The molecule has 26 heavy (non-hydrogen) atoms. The molecule has 0 heterocycles. The van der Waals surface area contributed by atoms with Crippen LogP contribution in [-0.2, 0) is 9.53 Å². The number of esters is 1. The Hall–Kier alpha value is -2.04. The molecule has 0 saturated heterocycles. The first kappa shape index (κ1) is 17.4. The summed E-state index contributed by atoms with van der Waals surface area (Å²) in [5.41, 5.74) is 0.306. The van der Waals surface area contributed by atoms with Gasteiger partial charge in [-0.05, 0) is 80.8 Å². The van der Waals surface area contributed by atoms with E-state index >= 15 is 0 Å². The number of phenols is 1. The molecule has 1 amide bonds. The van der Waals surface area contributed by atoms with Gasteiger partial charge in [0.25, 0.3) is 5.91 Å². The molecule has 1 aromatic carbocycles. The zero-order valence-electron chi connectivity index (χ0n) is 15.2. The zero-order chi connectivity index (χ0) is 18.3. The summed E-state index contributed by atoms with van der Waals surface area (Å²) in [5, 5.41) is 12.8. The fourth-order valence-corrected chi connectivity index (χ4v) is 6.00. The van der Waals surface area contributed by atoms with Gasteiger partial charge in [-0.2, -0.15) is 0 Å². The summed E-state index contributed by atoms with van der Waals surface area (Å²) < 4.78 is 5.08. The fourth-order valence-electron chi connectivity index (χ4n) is 6.00. The topological polar surface area (TPSA) is 75.6 Å². The third-order valence-corrected chi connectivity index (χ3v) is 6.84. The van der Waals surface area contributed by atoms with E-state index in [0.717, 1.165) is 17.8 Å². The third kappa shape index (κ3) is 3.19. The Balaban J connectivity index is 1.32. The molecule has 0 aromatic heterocycles. The van der Waals surface area contributed by atoms with Crippen LogP contribution < -0.4 is 5.32 Å². The van der Waals surface area contributed by atoms with Gasteiger partial charge in [0.15, 0.2) is 6.61 Å². The van der Waals surface area contributed by atoms with Gasteiger partial charge in [0.05, 0.1) is 0 Å². The van der Waals surface area contributed by atoms with Crippen molar-refractivity contribution in [3.8, 4) is 5.75 Å². The summed E-state index contributed by atoms with van der Waals surface area (Å²) in [6, 6.07) is 6.28. The highest BCUT2D eigenvalue weighted by atomic mass is 16.5. The number of para-hydroxylation sites is 1. The minimum atomic E-state index is -0.680. The van der Waals surface area contributed by atoms with Crippen LogP contribution in [0.25, 0.3) is 0 Å². The summed E-state index contributed by atoms with van der Waals surface area (Å²) in [6.45, 7) is 1.79. The Kier molecular flexibility index (Phi) is 4.41. The number of phenolic OH excluding ortho intramolecular Hbond substituents is 1. The number of ether oxygens (including phenoxy) is 1. The quantitative estimate of drug-likeness (QED) is 0.793. The summed E-state index contributed by atoms with van der Waals surface area (Å²) in [7, 11) is 0. The molecule has 5 rings (SSSR count). The molecular weight excluding hydrogens is 330 g/mol. The van der Waals surface area contributed by atoms with Crippen LogP contribution in [0.1, 0.15) is 55.8 Å². The van der Waals surface area contributed by atoms with Crippen LogP contribution in [0.5, 0.6) is 5.75 Å². The van der Waals surface area contributed by atoms with Crippen LogP contribution in [0.2, 0.25) is 0 Å². The van der Waals surface area contributed by atoms with Crippen molar-refractivity contribution >= 4 is 11.9 Å². The van der Waals surface area contributed by atoms with E-state index in [9.17, 15) is 14.7 Å². The molecule has 0 aliphatic heterocycles. The van der Waals surface area contributed by atoms with Gasteiger partial charge in [-0.25, -0.2) is 4.79 Å². The van der Waals surface area contributed by atoms with Crippen molar-refractivity contribution in [2.45, 2.75) is 51.5 Å². The summed E-state index contributed by atoms with van der Waals surface area (Å²) in [6.07, 6.45) is 7.78. The van der Waals surface area contributed by atoms with Crippen LogP contribution in [0.3, 0.4) is 0 Å².